The first kappa shape index (κ1) is 32.5. The van der Waals surface area contributed by atoms with E-state index in [-0.39, 0.29) is 30.1 Å². The van der Waals surface area contributed by atoms with Gasteiger partial charge in [0, 0.05) is 12.2 Å². The molecule has 1 aromatic heterocycles. The van der Waals surface area contributed by atoms with Crippen LogP contribution in [0, 0.1) is 17.7 Å². The second-order valence-electron chi connectivity index (χ2n) is 11.7. The summed E-state index contributed by atoms with van der Waals surface area (Å²) in [6, 6.07) is 21.2. The topological polar surface area (TPSA) is 146 Å². The monoisotopic (exact) mass is 628 g/mol. The highest BCUT2D eigenvalue weighted by molar-refractivity contribution is 6.03. The number of carboxylic acid groups (broad SMARTS) is 2. The summed E-state index contributed by atoms with van der Waals surface area (Å²) in [6.07, 6.45) is 5.86. The van der Waals surface area contributed by atoms with Crippen molar-refractivity contribution in [1.29, 1.82) is 0 Å². The Balaban J connectivity index is 1.28. The van der Waals surface area contributed by atoms with Crippen molar-refractivity contribution in [3.63, 3.8) is 0 Å². The number of aromatic nitrogens is 3. The zero-order chi connectivity index (χ0) is 32.6. The number of carboxylic acids is 2. The lowest BCUT2D eigenvalue weighted by Gasteiger charge is -2.48. The average Bonchev–Trinajstić information content (AvgIpc) is 3.56. The van der Waals surface area contributed by atoms with Gasteiger partial charge >= 0.3 is 11.9 Å². The maximum absolute atomic E-state index is 13.6. The van der Waals surface area contributed by atoms with Gasteiger partial charge < -0.3 is 20.2 Å². The van der Waals surface area contributed by atoms with Crippen LogP contribution in [0.25, 0.3) is 0 Å². The van der Waals surface area contributed by atoms with Gasteiger partial charge in [0.1, 0.15) is 18.5 Å². The number of aryl methyl sites for hydroxylation is 3. The van der Waals surface area contributed by atoms with E-state index in [4.69, 9.17) is 10.2 Å². The summed E-state index contributed by atoms with van der Waals surface area (Å²) in [6.45, 7) is 0.760. The highest BCUT2D eigenvalue weighted by Crippen LogP contribution is 2.46. The number of rotatable bonds is 16. The standard InChI is InChI=1S/C35H37FN4O6/c36-27-14-12-25(13-15-27)31(41)19-18-29-32(26-10-6-23(7-11-26)3-1-5-30(34(43)44)35(45)46)40(33(29)42)28-16-8-24(9-17-28)4-2-20-39-22-37-21-38-39/h6-17,21-22,29-32,41H,1-5,18-20H2,(H,43,44)(H,45,46)/t29-,31+,32?/m1/s1. The fraction of sp³-hybridized carbons (Fsp3) is 0.343. The van der Waals surface area contributed by atoms with E-state index in [9.17, 15) is 23.9 Å². The average molecular weight is 629 g/mol. The van der Waals surface area contributed by atoms with Gasteiger partial charge in [0.15, 0.2) is 5.92 Å². The van der Waals surface area contributed by atoms with Gasteiger partial charge in [0.2, 0.25) is 5.91 Å². The van der Waals surface area contributed by atoms with Crippen molar-refractivity contribution >= 4 is 23.5 Å². The predicted octanol–water partition coefficient (Wildman–Crippen LogP) is 5.38. The quantitative estimate of drug-likeness (QED) is 0.111. The Morgan fingerprint density at radius 3 is 2.09 bits per heavy atom. The number of carbonyl (C=O) groups is 3. The molecule has 240 valence electrons. The number of aliphatic hydroxyl groups is 1. The molecule has 1 saturated heterocycles. The Hall–Kier alpha value is -4.90. The van der Waals surface area contributed by atoms with Crippen LogP contribution in [0.5, 0.6) is 0 Å². The van der Waals surface area contributed by atoms with Gasteiger partial charge in [-0.15, -0.1) is 0 Å². The van der Waals surface area contributed by atoms with E-state index < -0.39 is 24.0 Å². The van der Waals surface area contributed by atoms with E-state index in [1.54, 1.807) is 28.0 Å². The highest BCUT2D eigenvalue weighted by atomic mass is 19.1. The maximum atomic E-state index is 13.6. The Kier molecular flexibility index (Phi) is 10.5. The molecule has 0 radical (unpaired) electrons. The lowest BCUT2D eigenvalue weighted by Crippen LogP contribution is -2.55. The number of carbonyl (C=O) groups excluding carboxylic acids is 1. The molecule has 5 rings (SSSR count). The van der Waals surface area contributed by atoms with Gasteiger partial charge in [-0.05, 0) is 91.5 Å². The third kappa shape index (κ3) is 7.84. The molecule has 0 spiro atoms. The van der Waals surface area contributed by atoms with Gasteiger partial charge in [-0.2, -0.15) is 5.10 Å². The molecule has 0 saturated carbocycles. The number of halogens is 1. The molecule has 0 aliphatic carbocycles. The Morgan fingerprint density at radius 2 is 1.48 bits per heavy atom. The third-order valence-electron chi connectivity index (χ3n) is 8.63. The number of amides is 1. The normalized spacial score (nSPS) is 16.8. The van der Waals surface area contributed by atoms with E-state index in [2.05, 4.69) is 10.1 Å². The third-order valence-corrected chi connectivity index (χ3v) is 8.63. The molecule has 3 atom stereocenters. The number of nitrogens with zero attached hydrogens (tertiary/aromatic N) is 4. The minimum atomic E-state index is -1.43. The summed E-state index contributed by atoms with van der Waals surface area (Å²) in [7, 11) is 0. The van der Waals surface area contributed by atoms with Crippen LogP contribution in [0.15, 0.2) is 85.5 Å². The number of benzene rings is 3. The first-order valence-corrected chi connectivity index (χ1v) is 15.4. The van der Waals surface area contributed by atoms with E-state index in [1.165, 1.54) is 18.5 Å². The smallest absolute Gasteiger partial charge is 0.317 e. The number of aliphatic carboxylic acids is 2. The second-order valence-corrected chi connectivity index (χ2v) is 11.7. The Labute approximate surface area is 266 Å². The molecule has 1 aliphatic heterocycles. The summed E-state index contributed by atoms with van der Waals surface area (Å²) in [5, 5.41) is 33.2. The summed E-state index contributed by atoms with van der Waals surface area (Å²) in [4.78, 5) is 41.7. The molecular formula is C35H37FN4O6. The number of hydrogen-bond acceptors (Lipinski definition) is 6. The van der Waals surface area contributed by atoms with E-state index >= 15 is 0 Å². The summed E-state index contributed by atoms with van der Waals surface area (Å²) in [5.74, 6) is -4.89. The van der Waals surface area contributed by atoms with Gasteiger partial charge in [-0.1, -0.05) is 48.5 Å². The molecule has 1 aliphatic rings. The predicted molar refractivity (Wildman–Crippen MR) is 167 cm³/mol. The molecule has 1 unspecified atom stereocenters. The first-order valence-electron chi connectivity index (χ1n) is 15.4. The molecule has 4 aromatic rings. The van der Waals surface area contributed by atoms with Gasteiger partial charge in [-0.3, -0.25) is 19.1 Å². The number of hydrogen-bond donors (Lipinski definition) is 3. The van der Waals surface area contributed by atoms with Crippen LogP contribution in [-0.4, -0.2) is 47.9 Å². The van der Waals surface area contributed by atoms with Crippen molar-refractivity contribution < 1.29 is 34.1 Å². The minimum absolute atomic E-state index is 0.0340. The number of β-lactam (4-membered cyclic amide) rings is 1. The summed E-state index contributed by atoms with van der Waals surface area (Å²) < 4.78 is 15.2. The Morgan fingerprint density at radius 1 is 0.848 bits per heavy atom. The molecular weight excluding hydrogens is 591 g/mol. The fourth-order valence-corrected chi connectivity index (χ4v) is 6.05. The second kappa shape index (κ2) is 14.9. The zero-order valence-corrected chi connectivity index (χ0v) is 25.3. The van der Waals surface area contributed by atoms with Crippen molar-refractivity contribution in [3.05, 3.63) is 114 Å². The van der Waals surface area contributed by atoms with Crippen LogP contribution >= 0.6 is 0 Å². The maximum Gasteiger partial charge on any atom is 0.317 e. The van der Waals surface area contributed by atoms with Crippen molar-refractivity contribution in [2.45, 2.75) is 63.6 Å². The molecule has 46 heavy (non-hydrogen) atoms. The van der Waals surface area contributed by atoms with E-state index in [0.29, 0.717) is 31.2 Å². The Bertz CT molecular complexity index is 1600. The summed E-state index contributed by atoms with van der Waals surface area (Å²) in [5.41, 5.74) is 4.38. The van der Waals surface area contributed by atoms with Crippen molar-refractivity contribution in [2.24, 2.45) is 11.8 Å². The SMILES string of the molecule is O=C(O)C(CCCc1ccc(C2[C@@H](CC[C@H](O)c3ccc(F)cc3)C(=O)N2c2ccc(CCCn3cncn3)cc2)cc1)C(=O)O. The molecule has 3 N–H and O–H groups in total. The van der Waals surface area contributed by atoms with Gasteiger partial charge in [0.25, 0.3) is 0 Å². The lowest BCUT2D eigenvalue weighted by molar-refractivity contribution is -0.154. The first-order chi connectivity index (χ1) is 22.2. The molecule has 2 heterocycles. The lowest BCUT2D eigenvalue weighted by atomic mass is 9.78. The molecule has 3 aromatic carbocycles. The largest absolute Gasteiger partial charge is 0.481 e. The van der Waals surface area contributed by atoms with Crippen LogP contribution in [0.4, 0.5) is 10.1 Å². The van der Waals surface area contributed by atoms with Crippen LogP contribution in [0.3, 0.4) is 0 Å². The molecule has 1 amide bonds. The van der Waals surface area contributed by atoms with E-state index in [1.807, 2.05) is 48.5 Å². The molecule has 11 heteroatoms. The van der Waals surface area contributed by atoms with Crippen LogP contribution in [-0.2, 0) is 33.8 Å². The minimum Gasteiger partial charge on any atom is -0.481 e. The molecule has 10 nitrogen and oxygen atoms in total. The van der Waals surface area contributed by atoms with Crippen LogP contribution in [0.2, 0.25) is 0 Å². The fourth-order valence-electron chi connectivity index (χ4n) is 6.05. The van der Waals surface area contributed by atoms with Gasteiger partial charge in [-0.25, -0.2) is 9.37 Å². The summed E-state index contributed by atoms with van der Waals surface area (Å²) >= 11 is 0. The van der Waals surface area contributed by atoms with Crippen LogP contribution in [0.1, 0.15) is 66.5 Å². The zero-order valence-electron chi connectivity index (χ0n) is 25.3. The number of anilines is 1. The van der Waals surface area contributed by atoms with Crippen LogP contribution < -0.4 is 4.90 Å². The molecule has 1 fully saturated rings. The van der Waals surface area contributed by atoms with Crippen molar-refractivity contribution in [3.8, 4) is 0 Å². The molecule has 0 bridgehead atoms. The van der Waals surface area contributed by atoms with Gasteiger partial charge in [0.05, 0.1) is 18.1 Å². The van der Waals surface area contributed by atoms with Crippen molar-refractivity contribution in [2.75, 3.05) is 4.90 Å². The van der Waals surface area contributed by atoms with E-state index in [0.717, 1.165) is 41.8 Å². The number of aliphatic hydroxyl groups excluding tert-OH is 1. The highest BCUT2D eigenvalue weighted by Gasteiger charge is 2.48. The van der Waals surface area contributed by atoms with Crippen molar-refractivity contribution in [1.82, 2.24) is 14.8 Å².